The monoisotopic (exact) mass is 305 g/mol. The summed E-state index contributed by atoms with van der Waals surface area (Å²) in [5, 5.41) is 9.52. The molecule has 1 aromatic heterocycles. The highest BCUT2D eigenvalue weighted by molar-refractivity contribution is 6.37. The number of nitrogens with one attached hydrogen (secondary N) is 3. The number of pyridine rings is 1. The van der Waals surface area contributed by atoms with Crippen molar-refractivity contribution in [3.05, 3.63) is 16.1 Å². The second-order valence-corrected chi connectivity index (χ2v) is 4.77. The van der Waals surface area contributed by atoms with Crippen molar-refractivity contribution in [3.8, 4) is 0 Å². The predicted octanol–water partition coefficient (Wildman–Crippen LogP) is 2.11. The number of nitrogens with zero attached hydrogens (tertiary/aromatic N) is 2. The van der Waals surface area contributed by atoms with Gasteiger partial charge < -0.3 is 20.9 Å². The van der Waals surface area contributed by atoms with Crippen LogP contribution in [0.2, 0.25) is 10.0 Å². The van der Waals surface area contributed by atoms with Crippen LogP contribution in [-0.4, -0.2) is 50.1 Å². The van der Waals surface area contributed by atoms with Gasteiger partial charge in [0.25, 0.3) is 0 Å². The third-order valence-corrected chi connectivity index (χ3v) is 2.84. The maximum Gasteiger partial charge on any atom is 0.316 e. The van der Waals surface area contributed by atoms with E-state index in [-0.39, 0.29) is 6.03 Å². The number of urea groups is 1. The Hall–Kier alpha value is -1.40. The first-order chi connectivity index (χ1) is 8.95. The van der Waals surface area contributed by atoms with Crippen LogP contribution in [0.3, 0.4) is 0 Å². The number of hydrogen-bond donors (Lipinski definition) is 3. The first kappa shape index (κ1) is 15.7. The zero-order valence-electron chi connectivity index (χ0n) is 11.1. The van der Waals surface area contributed by atoms with Crippen LogP contribution >= 0.6 is 23.2 Å². The van der Waals surface area contributed by atoms with Crippen LogP contribution < -0.4 is 16.0 Å². The van der Waals surface area contributed by atoms with E-state index in [2.05, 4.69) is 20.9 Å². The quantitative estimate of drug-likeness (QED) is 0.729. The van der Waals surface area contributed by atoms with E-state index in [1.54, 1.807) is 27.2 Å². The normalized spacial score (nSPS) is 9.95. The van der Waals surface area contributed by atoms with Gasteiger partial charge in [0.05, 0.1) is 10.0 Å². The fourth-order valence-electron chi connectivity index (χ4n) is 1.27. The van der Waals surface area contributed by atoms with E-state index in [9.17, 15) is 4.79 Å². The molecule has 1 rings (SSSR count). The molecule has 0 aromatic carbocycles. The molecule has 3 N–H and O–H groups in total. The van der Waals surface area contributed by atoms with Crippen molar-refractivity contribution >= 4 is 40.9 Å². The fourth-order valence-corrected chi connectivity index (χ4v) is 1.79. The molecule has 6 nitrogen and oxygen atoms in total. The van der Waals surface area contributed by atoms with Crippen molar-refractivity contribution in [2.75, 3.05) is 44.9 Å². The average Bonchev–Trinajstić information content (AvgIpc) is 2.36. The van der Waals surface area contributed by atoms with E-state index in [0.717, 1.165) is 0 Å². The molecule has 1 heterocycles. The Bertz CT molecular complexity index is 453. The molecular formula is C11H17Cl2N5O. The molecule has 8 heteroatoms. The average molecular weight is 306 g/mol. The number of anilines is 2. The molecule has 0 unspecified atom stereocenters. The molecule has 0 radical (unpaired) electrons. The number of carbonyl (C=O) groups is 1. The first-order valence-corrected chi connectivity index (χ1v) is 6.44. The van der Waals surface area contributed by atoms with E-state index in [4.69, 9.17) is 23.2 Å². The molecule has 0 aliphatic rings. The lowest BCUT2D eigenvalue weighted by Crippen LogP contribution is -2.37. The lowest BCUT2D eigenvalue weighted by atomic mass is 10.4. The van der Waals surface area contributed by atoms with Crippen LogP contribution in [-0.2, 0) is 0 Å². The van der Waals surface area contributed by atoms with Crippen LogP contribution in [0.15, 0.2) is 6.07 Å². The Kier molecular flexibility index (Phi) is 5.98. The molecule has 0 aliphatic carbocycles. The summed E-state index contributed by atoms with van der Waals surface area (Å²) in [5.41, 5.74) is 0. The highest BCUT2D eigenvalue weighted by Gasteiger charge is 2.08. The van der Waals surface area contributed by atoms with Crippen molar-refractivity contribution in [3.63, 3.8) is 0 Å². The molecular weight excluding hydrogens is 289 g/mol. The summed E-state index contributed by atoms with van der Waals surface area (Å²) in [6.07, 6.45) is 0. The minimum Gasteiger partial charge on any atom is -0.372 e. The number of halogens is 2. The summed E-state index contributed by atoms with van der Waals surface area (Å²) in [4.78, 5) is 17.0. The zero-order valence-corrected chi connectivity index (χ0v) is 12.6. The minimum absolute atomic E-state index is 0.145. The van der Waals surface area contributed by atoms with Gasteiger partial charge in [0, 0.05) is 34.2 Å². The Morgan fingerprint density at radius 2 is 1.89 bits per heavy atom. The molecule has 0 bridgehead atoms. The molecule has 0 saturated carbocycles. The van der Waals surface area contributed by atoms with Crippen LogP contribution in [0, 0.1) is 0 Å². The van der Waals surface area contributed by atoms with Gasteiger partial charge in [0.1, 0.15) is 11.6 Å². The standard InChI is InChI=1S/C11H17Cl2N5O/c1-14-9-7(12)6-8(13)10(17-9)15-4-5-16-11(19)18(2)3/h6H,4-5H2,1-3H3,(H,16,19)(H2,14,15,17). The van der Waals surface area contributed by atoms with Crippen LogP contribution in [0.5, 0.6) is 0 Å². The Labute approximate surface area is 122 Å². The highest BCUT2D eigenvalue weighted by atomic mass is 35.5. The Morgan fingerprint density at radius 3 is 2.47 bits per heavy atom. The third-order valence-electron chi connectivity index (χ3n) is 2.27. The number of carbonyl (C=O) groups excluding carboxylic acids is 1. The van der Waals surface area contributed by atoms with E-state index < -0.39 is 0 Å². The largest absolute Gasteiger partial charge is 0.372 e. The lowest BCUT2D eigenvalue weighted by molar-refractivity contribution is 0.218. The molecule has 19 heavy (non-hydrogen) atoms. The van der Waals surface area contributed by atoms with Gasteiger partial charge in [-0.1, -0.05) is 23.2 Å². The van der Waals surface area contributed by atoms with Crippen molar-refractivity contribution in [2.24, 2.45) is 0 Å². The molecule has 106 valence electrons. The van der Waals surface area contributed by atoms with Gasteiger partial charge in [-0.15, -0.1) is 0 Å². The molecule has 0 aliphatic heterocycles. The number of rotatable bonds is 5. The SMILES string of the molecule is CNc1nc(NCCNC(=O)N(C)C)c(Cl)cc1Cl. The van der Waals surface area contributed by atoms with Crippen LogP contribution in [0.25, 0.3) is 0 Å². The van der Waals surface area contributed by atoms with Gasteiger partial charge in [-0.2, -0.15) is 0 Å². The maximum atomic E-state index is 11.3. The first-order valence-electron chi connectivity index (χ1n) is 5.68. The minimum atomic E-state index is -0.145. The lowest BCUT2D eigenvalue weighted by Gasteiger charge is -2.13. The topological polar surface area (TPSA) is 69.3 Å². The van der Waals surface area contributed by atoms with Crippen molar-refractivity contribution in [1.29, 1.82) is 0 Å². The number of hydrogen-bond acceptors (Lipinski definition) is 4. The molecule has 0 fully saturated rings. The maximum absolute atomic E-state index is 11.3. The molecule has 1 aromatic rings. The second-order valence-electron chi connectivity index (χ2n) is 3.95. The Balaban J connectivity index is 2.52. The predicted molar refractivity (Wildman–Crippen MR) is 79.4 cm³/mol. The smallest absolute Gasteiger partial charge is 0.316 e. The van der Waals surface area contributed by atoms with Gasteiger partial charge >= 0.3 is 6.03 Å². The molecule has 0 atom stereocenters. The summed E-state index contributed by atoms with van der Waals surface area (Å²) in [6, 6.07) is 1.47. The molecule has 0 spiro atoms. The van der Waals surface area contributed by atoms with Gasteiger partial charge in [0.15, 0.2) is 0 Å². The van der Waals surface area contributed by atoms with Crippen molar-refractivity contribution in [2.45, 2.75) is 0 Å². The summed E-state index contributed by atoms with van der Waals surface area (Å²) in [7, 11) is 5.09. The van der Waals surface area contributed by atoms with Crippen LogP contribution in [0.4, 0.5) is 16.4 Å². The summed E-state index contributed by atoms with van der Waals surface area (Å²) in [6.45, 7) is 0.976. The van der Waals surface area contributed by atoms with Gasteiger partial charge in [0.2, 0.25) is 0 Å². The van der Waals surface area contributed by atoms with Crippen molar-refractivity contribution in [1.82, 2.24) is 15.2 Å². The van der Waals surface area contributed by atoms with E-state index in [1.165, 1.54) is 4.90 Å². The van der Waals surface area contributed by atoms with Gasteiger partial charge in [-0.05, 0) is 6.07 Å². The highest BCUT2D eigenvalue weighted by Crippen LogP contribution is 2.28. The van der Waals surface area contributed by atoms with Crippen molar-refractivity contribution < 1.29 is 4.79 Å². The summed E-state index contributed by atoms with van der Waals surface area (Å²) >= 11 is 12.0. The van der Waals surface area contributed by atoms with Crippen LogP contribution in [0.1, 0.15) is 0 Å². The number of amides is 2. The molecule has 0 saturated heterocycles. The Morgan fingerprint density at radius 1 is 1.26 bits per heavy atom. The third kappa shape index (κ3) is 4.65. The van der Waals surface area contributed by atoms with Gasteiger partial charge in [-0.25, -0.2) is 9.78 Å². The van der Waals surface area contributed by atoms with E-state index >= 15 is 0 Å². The van der Waals surface area contributed by atoms with Gasteiger partial charge in [-0.3, -0.25) is 0 Å². The molecule has 2 amide bonds. The zero-order chi connectivity index (χ0) is 14.4. The summed E-state index contributed by atoms with van der Waals surface area (Å²) in [5.74, 6) is 1.07. The van der Waals surface area contributed by atoms with E-state index in [1.807, 2.05) is 0 Å². The van der Waals surface area contributed by atoms with E-state index in [0.29, 0.717) is 34.8 Å². The fraction of sp³-hybridized carbons (Fsp3) is 0.455. The number of aromatic nitrogens is 1. The second kappa shape index (κ2) is 7.25. The summed E-state index contributed by atoms with van der Waals surface area (Å²) < 4.78 is 0.